The van der Waals surface area contributed by atoms with Gasteiger partial charge in [0.2, 0.25) is 0 Å². The first kappa shape index (κ1) is 20.9. The highest BCUT2D eigenvalue weighted by atomic mass is 16.4. The summed E-state index contributed by atoms with van der Waals surface area (Å²) < 4.78 is 0. The second-order valence-electron chi connectivity index (χ2n) is 7.39. The van der Waals surface area contributed by atoms with Crippen molar-refractivity contribution in [3.05, 3.63) is 30.1 Å². The molecule has 25 heavy (non-hydrogen) atoms. The van der Waals surface area contributed by atoms with Crippen LogP contribution in [0.5, 0.6) is 0 Å². The summed E-state index contributed by atoms with van der Waals surface area (Å²) in [5, 5.41) is 24.0. The lowest BCUT2D eigenvalue weighted by molar-refractivity contribution is -0.130. The molecule has 2 atom stereocenters. The number of aliphatic hydroxyl groups is 1. The third-order valence-corrected chi connectivity index (χ3v) is 3.84. The van der Waals surface area contributed by atoms with E-state index in [1.165, 1.54) is 0 Å². The van der Waals surface area contributed by atoms with Crippen LogP contribution in [0.2, 0.25) is 0 Å². The quantitative estimate of drug-likeness (QED) is 0.510. The van der Waals surface area contributed by atoms with Crippen molar-refractivity contribution in [1.29, 1.82) is 0 Å². The van der Waals surface area contributed by atoms with Crippen LogP contribution in [0.15, 0.2) is 24.5 Å². The number of rotatable bonds is 9. The summed E-state index contributed by atoms with van der Waals surface area (Å²) in [4.78, 5) is 27.0. The van der Waals surface area contributed by atoms with Gasteiger partial charge in [-0.05, 0) is 29.9 Å². The van der Waals surface area contributed by atoms with Gasteiger partial charge >= 0.3 is 6.09 Å². The first-order valence-electron chi connectivity index (χ1n) is 8.53. The van der Waals surface area contributed by atoms with E-state index in [2.05, 4.69) is 36.4 Å². The van der Waals surface area contributed by atoms with Crippen LogP contribution in [0.4, 0.5) is 4.79 Å². The SMILES string of the molecule is CC(C)(C)CCCC[C@H](NC(=O)O)C(O)C(=O)NCc1cccnc1. The van der Waals surface area contributed by atoms with Crippen molar-refractivity contribution in [3.8, 4) is 0 Å². The minimum Gasteiger partial charge on any atom is -0.465 e. The van der Waals surface area contributed by atoms with Crippen molar-refractivity contribution in [3.63, 3.8) is 0 Å². The molecular formula is C18H29N3O4. The number of carboxylic acid groups (broad SMARTS) is 1. The topological polar surface area (TPSA) is 112 Å². The number of aromatic nitrogens is 1. The van der Waals surface area contributed by atoms with Gasteiger partial charge in [-0.2, -0.15) is 0 Å². The molecule has 0 bridgehead atoms. The number of carbonyl (C=O) groups is 2. The monoisotopic (exact) mass is 351 g/mol. The molecule has 1 aromatic heterocycles. The highest BCUT2D eigenvalue weighted by Crippen LogP contribution is 2.22. The van der Waals surface area contributed by atoms with Gasteiger partial charge in [-0.25, -0.2) is 4.79 Å². The van der Waals surface area contributed by atoms with Gasteiger partial charge in [-0.3, -0.25) is 9.78 Å². The molecule has 0 radical (unpaired) electrons. The summed E-state index contributed by atoms with van der Waals surface area (Å²) in [5.41, 5.74) is 1.01. The van der Waals surface area contributed by atoms with Crippen LogP contribution in [0.25, 0.3) is 0 Å². The lowest BCUT2D eigenvalue weighted by Gasteiger charge is -2.23. The fraction of sp³-hybridized carbons (Fsp3) is 0.611. The Kier molecular flexibility index (Phi) is 8.34. The van der Waals surface area contributed by atoms with Crippen molar-refractivity contribution in [2.24, 2.45) is 5.41 Å². The van der Waals surface area contributed by atoms with Crippen LogP contribution >= 0.6 is 0 Å². The fourth-order valence-electron chi connectivity index (χ4n) is 2.47. The minimum atomic E-state index is -1.43. The highest BCUT2D eigenvalue weighted by molar-refractivity contribution is 5.82. The molecule has 4 N–H and O–H groups in total. The van der Waals surface area contributed by atoms with Gasteiger partial charge in [-0.1, -0.05) is 39.7 Å². The second-order valence-corrected chi connectivity index (χ2v) is 7.39. The Morgan fingerprint density at radius 1 is 1.28 bits per heavy atom. The Morgan fingerprint density at radius 2 is 2.00 bits per heavy atom. The van der Waals surface area contributed by atoms with Gasteiger partial charge in [-0.15, -0.1) is 0 Å². The average Bonchev–Trinajstić information content (AvgIpc) is 2.54. The third kappa shape index (κ3) is 9.05. The van der Waals surface area contributed by atoms with Gasteiger partial charge in [0.1, 0.15) is 0 Å². The zero-order valence-electron chi connectivity index (χ0n) is 15.2. The predicted molar refractivity (Wildman–Crippen MR) is 95.0 cm³/mol. The molecule has 0 aromatic carbocycles. The molecule has 0 fully saturated rings. The Balaban J connectivity index is 2.51. The molecule has 0 saturated carbocycles. The zero-order valence-corrected chi connectivity index (χ0v) is 15.2. The zero-order chi connectivity index (χ0) is 18.9. The Morgan fingerprint density at radius 3 is 2.56 bits per heavy atom. The molecule has 1 unspecified atom stereocenters. The molecule has 0 aliphatic heterocycles. The van der Waals surface area contributed by atoms with E-state index in [0.717, 1.165) is 24.8 Å². The molecule has 7 nitrogen and oxygen atoms in total. The third-order valence-electron chi connectivity index (χ3n) is 3.84. The molecule has 1 rings (SSSR count). The number of unbranched alkanes of at least 4 members (excludes halogenated alkanes) is 1. The van der Waals surface area contributed by atoms with Crippen LogP contribution < -0.4 is 10.6 Å². The molecule has 0 spiro atoms. The standard InChI is InChI=1S/C18H29N3O4/c1-18(2,3)9-5-4-8-14(21-17(24)25)15(22)16(23)20-12-13-7-6-10-19-11-13/h6-7,10-11,14-15,21-22H,4-5,8-9,12H2,1-3H3,(H,20,23)(H,24,25)/t14-,15?/m0/s1. The van der Waals surface area contributed by atoms with Crippen molar-refractivity contribution in [2.75, 3.05) is 0 Å². The maximum atomic E-state index is 12.1. The summed E-state index contributed by atoms with van der Waals surface area (Å²) in [6.45, 7) is 6.65. The van der Waals surface area contributed by atoms with E-state index in [1.54, 1.807) is 24.5 Å². The number of carbonyl (C=O) groups excluding carboxylic acids is 1. The first-order valence-corrected chi connectivity index (χ1v) is 8.53. The van der Waals surface area contributed by atoms with Crippen LogP contribution in [-0.4, -0.2) is 39.3 Å². The number of amides is 2. The molecule has 0 aliphatic rings. The fourth-order valence-corrected chi connectivity index (χ4v) is 2.47. The lowest BCUT2D eigenvalue weighted by atomic mass is 9.89. The molecule has 0 saturated heterocycles. The van der Waals surface area contributed by atoms with Crippen LogP contribution in [0, 0.1) is 5.41 Å². The van der Waals surface area contributed by atoms with E-state index in [9.17, 15) is 14.7 Å². The normalized spacial score (nSPS) is 13.8. The number of pyridine rings is 1. The molecular weight excluding hydrogens is 322 g/mol. The minimum absolute atomic E-state index is 0.204. The second kappa shape index (κ2) is 9.98. The highest BCUT2D eigenvalue weighted by Gasteiger charge is 2.27. The molecule has 7 heteroatoms. The van der Waals surface area contributed by atoms with Crippen molar-refractivity contribution >= 4 is 12.0 Å². The van der Waals surface area contributed by atoms with Crippen LogP contribution in [0.1, 0.15) is 52.0 Å². The lowest BCUT2D eigenvalue weighted by Crippen LogP contribution is -2.50. The first-order chi connectivity index (χ1) is 11.7. The van der Waals surface area contributed by atoms with Gasteiger partial charge in [0.05, 0.1) is 6.04 Å². The van der Waals surface area contributed by atoms with Crippen molar-refractivity contribution in [1.82, 2.24) is 15.6 Å². The number of aliphatic hydroxyl groups excluding tert-OH is 1. The van der Waals surface area contributed by atoms with E-state index in [-0.39, 0.29) is 12.0 Å². The van der Waals surface area contributed by atoms with Crippen molar-refractivity contribution in [2.45, 2.75) is 65.1 Å². The molecule has 1 aromatic rings. The van der Waals surface area contributed by atoms with E-state index >= 15 is 0 Å². The van der Waals surface area contributed by atoms with Crippen LogP contribution in [-0.2, 0) is 11.3 Å². The van der Waals surface area contributed by atoms with Gasteiger partial charge in [0.25, 0.3) is 5.91 Å². The van der Waals surface area contributed by atoms with Gasteiger partial charge in [0, 0.05) is 18.9 Å². The maximum absolute atomic E-state index is 12.1. The Hall–Kier alpha value is -2.15. The smallest absolute Gasteiger partial charge is 0.404 e. The predicted octanol–water partition coefficient (Wildman–Crippen LogP) is 2.30. The summed E-state index contributed by atoms with van der Waals surface area (Å²) in [6, 6.07) is 2.73. The largest absolute Gasteiger partial charge is 0.465 e. The number of nitrogens with one attached hydrogen (secondary N) is 2. The maximum Gasteiger partial charge on any atom is 0.404 e. The molecule has 1 heterocycles. The summed E-state index contributed by atoms with van der Waals surface area (Å²) in [5.74, 6) is -0.599. The Bertz CT molecular complexity index is 543. The van der Waals surface area contributed by atoms with E-state index in [1.807, 2.05) is 0 Å². The van der Waals surface area contributed by atoms with Crippen LogP contribution in [0.3, 0.4) is 0 Å². The summed E-state index contributed by atoms with van der Waals surface area (Å²) >= 11 is 0. The van der Waals surface area contributed by atoms with Crippen molar-refractivity contribution < 1.29 is 19.8 Å². The van der Waals surface area contributed by atoms with Gasteiger partial charge in [0.15, 0.2) is 6.10 Å². The van der Waals surface area contributed by atoms with E-state index in [4.69, 9.17) is 5.11 Å². The number of nitrogens with zero attached hydrogens (tertiary/aromatic N) is 1. The molecule has 140 valence electrons. The van der Waals surface area contributed by atoms with E-state index in [0.29, 0.717) is 6.42 Å². The van der Waals surface area contributed by atoms with E-state index < -0.39 is 24.1 Å². The molecule has 0 aliphatic carbocycles. The Labute approximate surface area is 148 Å². The summed E-state index contributed by atoms with van der Waals surface area (Å²) in [7, 11) is 0. The number of hydrogen-bond acceptors (Lipinski definition) is 4. The number of hydrogen-bond donors (Lipinski definition) is 4. The summed E-state index contributed by atoms with van der Waals surface area (Å²) in [6.07, 6.45) is 3.61. The van der Waals surface area contributed by atoms with Gasteiger partial charge < -0.3 is 20.8 Å². The average molecular weight is 351 g/mol. The molecule has 2 amide bonds.